The van der Waals surface area contributed by atoms with Crippen molar-refractivity contribution >= 4 is 5.69 Å². The van der Waals surface area contributed by atoms with Crippen molar-refractivity contribution < 1.29 is 5.11 Å². The summed E-state index contributed by atoms with van der Waals surface area (Å²) in [7, 11) is 0. The van der Waals surface area contributed by atoms with E-state index in [1.54, 1.807) is 0 Å². The van der Waals surface area contributed by atoms with E-state index in [9.17, 15) is 0 Å². The van der Waals surface area contributed by atoms with E-state index >= 15 is 0 Å². The number of aryl methyl sites for hydroxylation is 3. The zero-order valence-corrected chi connectivity index (χ0v) is 13.3. The second-order valence-electron chi connectivity index (χ2n) is 5.62. The van der Waals surface area contributed by atoms with Crippen molar-refractivity contribution in [2.75, 3.05) is 11.9 Å². The number of rotatable bonds is 5. The van der Waals surface area contributed by atoms with E-state index in [4.69, 9.17) is 5.11 Å². The van der Waals surface area contributed by atoms with Gasteiger partial charge in [-0.3, -0.25) is 4.98 Å². The number of nitrogens with one attached hydrogen (secondary N) is 1. The fourth-order valence-corrected chi connectivity index (χ4v) is 2.91. The molecule has 1 atom stereocenters. The summed E-state index contributed by atoms with van der Waals surface area (Å²) in [4.78, 5) is 4.57. The molecule has 0 fully saturated rings. The molecule has 1 heterocycles. The minimum absolute atomic E-state index is 0.191. The molecule has 0 radical (unpaired) electrons. The summed E-state index contributed by atoms with van der Waals surface area (Å²) in [6.45, 7) is 8.59. The van der Waals surface area contributed by atoms with Crippen molar-refractivity contribution in [3.05, 3.63) is 58.4 Å². The van der Waals surface area contributed by atoms with E-state index in [0.717, 1.165) is 22.6 Å². The molecule has 3 nitrogen and oxygen atoms in total. The van der Waals surface area contributed by atoms with Crippen LogP contribution in [0.15, 0.2) is 30.3 Å². The number of hydrogen-bond donors (Lipinski definition) is 2. The van der Waals surface area contributed by atoms with Crippen LogP contribution in [0.25, 0.3) is 0 Å². The highest BCUT2D eigenvalue weighted by molar-refractivity contribution is 5.48. The lowest BCUT2D eigenvalue weighted by Gasteiger charge is -2.20. The lowest BCUT2D eigenvalue weighted by atomic mass is 10.00. The Bertz CT molecular complexity index is 582. The average molecular weight is 284 g/mol. The maximum atomic E-state index is 8.94. The van der Waals surface area contributed by atoms with Gasteiger partial charge in [0.05, 0.1) is 6.04 Å². The Balaban J connectivity index is 2.16. The maximum Gasteiger partial charge on any atom is 0.0506 e. The molecule has 2 aromatic rings. The molecule has 0 spiro atoms. The van der Waals surface area contributed by atoms with E-state index in [0.29, 0.717) is 6.42 Å². The minimum atomic E-state index is 0.191. The number of aliphatic hydroxyl groups excluding tert-OH is 1. The second-order valence-corrected chi connectivity index (χ2v) is 5.62. The molecule has 2 N–H and O–H groups in total. The number of aromatic nitrogens is 1. The summed E-state index contributed by atoms with van der Waals surface area (Å²) in [5.74, 6) is 0. The van der Waals surface area contributed by atoms with Gasteiger partial charge in [-0.1, -0.05) is 12.1 Å². The predicted molar refractivity (Wildman–Crippen MR) is 87.7 cm³/mol. The maximum absolute atomic E-state index is 8.94. The fraction of sp³-hybridized carbons (Fsp3) is 0.389. The number of aliphatic hydroxyl groups is 1. The Morgan fingerprint density at radius 1 is 1.14 bits per heavy atom. The largest absolute Gasteiger partial charge is 0.396 e. The molecule has 0 aliphatic carbocycles. The fourth-order valence-electron chi connectivity index (χ4n) is 2.91. The van der Waals surface area contributed by atoms with Crippen LogP contribution in [0.1, 0.15) is 41.0 Å². The van der Waals surface area contributed by atoms with Crippen molar-refractivity contribution in [3.63, 3.8) is 0 Å². The Labute approximate surface area is 127 Å². The van der Waals surface area contributed by atoms with Crippen LogP contribution < -0.4 is 5.32 Å². The molecule has 112 valence electrons. The topological polar surface area (TPSA) is 45.1 Å². The molecule has 1 aromatic heterocycles. The summed E-state index contributed by atoms with van der Waals surface area (Å²) >= 11 is 0. The van der Waals surface area contributed by atoms with Gasteiger partial charge in [0.25, 0.3) is 0 Å². The average Bonchev–Trinajstić information content (AvgIpc) is 2.40. The number of nitrogens with zero attached hydrogens (tertiary/aromatic N) is 1. The summed E-state index contributed by atoms with van der Waals surface area (Å²) in [5, 5.41) is 12.5. The molecule has 3 heteroatoms. The smallest absolute Gasteiger partial charge is 0.0506 e. The summed E-state index contributed by atoms with van der Waals surface area (Å²) in [6.07, 6.45) is 0.704. The van der Waals surface area contributed by atoms with Crippen LogP contribution in [0, 0.1) is 20.8 Å². The Morgan fingerprint density at radius 2 is 1.81 bits per heavy atom. The minimum Gasteiger partial charge on any atom is -0.396 e. The molecule has 0 bridgehead atoms. The van der Waals surface area contributed by atoms with E-state index in [-0.39, 0.29) is 12.6 Å². The number of pyridine rings is 1. The van der Waals surface area contributed by atoms with Crippen LogP contribution in [0.5, 0.6) is 0 Å². The molecule has 2 rings (SSSR count). The highest BCUT2D eigenvalue weighted by atomic mass is 16.2. The third-order valence-electron chi connectivity index (χ3n) is 3.75. The summed E-state index contributed by atoms with van der Waals surface area (Å²) < 4.78 is 0. The van der Waals surface area contributed by atoms with Crippen LogP contribution >= 0.6 is 0 Å². The molecule has 0 amide bonds. The monoisotopic (exact) mass is 284 g/mol. The van der Waals surface area contributed by atoms with Crippen LogP contribution in [0.3, 0.4) is 0 Å². The van der Waals surface area contributed by atoms with Gasteiger partial charge in [-0.25, -0.2) is 0 Å². The van der Waals surface area contributed by atoms with Crippen LogP contribution in [0.2, 0.25) is 0 Å². The van der Waals surface area contributed by atoms with Crippen molar-refractivity contribution in [2.24, 2.45) is 0 Å². The van der Waals surface area contributed by atoms with E-state index < -0.39 is 0 Å². The van der Waals surface area contributed by atoms with Gasteiger partial charge in [-0.15, -0.1) is 0 Å². The SMILES string of the molecule is Cc1cc(C)c(C(C)Nc2ccc(CCO)cc2)c(C)n1. The van der Waals surface area contributed by atoms with Crippen molar-refractivity contribution in [1.82, 2.24) is 4.98 Å². The second kappa shape index (κ2) is 6.72. The van der Waals surface area contributed by atoms with Gasteiger partial charge < -0.3 is 10.4 Å². The zero-order chi connectivity index (χ0) is 15.4. The third kappa shape index (κ3) is 3.82. The molecular weight excluding hydrogens is 260 g/mol. The van der Waals surface area contributed by atoms with Gasteiger partial charge in [-0.05, 0) is 69.0 Å². The first-order valence-corrected chi connectivity index (χ1v) is 7.42. The van der Waals surface area contributed by atoms with Crippen molar-refractivity contribution in [2.45, 2.75) is 40.2 Å². The van der Waals surface area contributed by atoms with E-state index in [2.05, 4.69) is 61.4 Å². The standard InChI is InChI=1S/C18H24N2O/c1-12-11-13(2)19-14(3)18(12)15(4)20-17-7-5-16(6-8-17)9-10-21/h5-8,11,15,20-21H,9-10H2,1-4H3. The summed E-state index contributed by atoms with van der Waals surface area (Å²) in [6, 6.07) is 10.6. The number of hydrogen-bond acceptors (Lipinski definition) is 3. The van der Waals surface area contributed by atoms with Gasteiger partial charge in [0.1, 0.15) is 0 Å². The quantitative estimate of drug-likeness (QED) is 0.879. The third-order valence-corrected chi connectivity index (χ3v) is 3.75. The van der Waals surface area contributed by atoms with Crippen molar-refractivity contribution in [3.8, 4) is 0 Å². The summed E-state index contributed by atoms with van der Waals surface area (Å²) in [5.41, 5.74) is 6.93. The van der Waals surface area contributed by atoms with E-state index in [1.807, 2.05) is 6.92 Å². The zero-order valence-electron chi connectivity index (χ0n) is 13.3. The molecule has 1 unspecified atom stereocenters. The van der Waals surface area contributed by atoms with Gasteiger partial charge >= 0.3 is 0 Å². The number of anilines is 1. The highest BCUT2D eigenvalue weighted by Gasteiger charge is 2.13. The van der Waals surface area contributed by atoms with Crippen LogP contribution in [-0.2, 0) is 6.42 Å². The molecule has 0 aliphatic rings. The lowest BCUT2D eigenvalue weighted by molar-refractivity contribution is 0.299. The predicted octanol–water partition coefficient (Wildman–Crippen LogP) is 3.71. The van der Waals surface area contributed by atoms with Gasteiger partial charge in [0.15, 0.2) is 0 Å². The van der Waals surface area contributed by atoms with Gasteiger partial charge in [-0.2, -0.15) is 0 Å². The first kappa shape index (κ1) is 15.5. The molecule has 1 aromatic carbocycles. The molecule has 0 aliphatic heterocycles. The van der Waals surface area contributed by atoms with E-state index in [1.165, 1.54) is 11.1 Å². The number of benzene rings is 1. The molecular formula is C18H24N2O. The van der Waals surface area contributed by atoms with Gasteiger partial charge in [0, 0.05) is 23.7 Å². The Kier molecular flexibility index (Phi) is 4.97. The Hall–Kier alpha value is -1.87. The molecule has 21 heavy (non-hydrogen) atoms. The van der Waals surface area contributed by atoms with Crippen LogP contribution in [-0.4, -0.2) is 16.7 Å². The lowest BCUT2D eigenvalue weighted by Crippen LogP contribution is -2.11. The molecule has 0 saturated carbocycles. The highest BCUT2D eigenvalue weighted by Crippen LogP contribution is 2.25. The normalized spacial score (nSPS) is 12.2. The first-order valence-electron chi connectivity index (χ1n) is 7.42. The van der Waals surface area contributed by atoms with Crippen LogP contribution in [0.4, 0.5) is 5.69 Å². The molecule has 0 saturated heterocycles. The first-order chi connectivity index (χ1) is 10.0. The Morgan fingerprint density at radius 3 is 2.38 bits per heavy atom. The van der Waals surface area contributed by atoms with Gasteiger partial charge in [0.2, 0.25) is 0 Å². The van der Waals surface area contributed by atoms with Crippen molar-refractivity contribution in [1.29, 1.82) is 0 Å².